The Morgan fingerprint density at radius 2 is 2.00 bits per heavy atom. The minimum absolute atomic E-state index is 0.0679. The van der Waals surface area contributed by atoms with E-state index in [1.54, 1.807) is 12.4 Å². The van der Waals surface area contributed by atoms with Crippen molar-refractivity contribution >= 4 is 11.6 Å². The molecule has 0 aliphatic heterocycles. The molecule has 0 spiro atoms. The molecule has 184 valence electrons. The fraction of sp³-hybridized carbons (Fsp3) is 0.679. The van der Waals surface area contributed by atoms with Crippen LogP contribution in [0, 0.1) is 28.6 Å². The van der Waals surface area contributed by atoms with E-state index in [1.807, 2.05) is 12.1 Å². The summed E-state index contributed by atoms with van der Waals surface area (Å²) in [6, 6.07) is 3.78. The molecule has 1 aromatic rings. The highest BCUT2D eigenvalue weighted by atomic mass is 16.6. The Bertz CT molecular complexity index is 988. The molecule has 2 N–H and O–H groups in total. The van der Waals surface area contributed by atoms with Gasteiger partial charge in [0.25, 0.3) is 5.91 Å². The topological polar surface area (TPSA) is 83.8 Å². The molecule has 0 aromatic carbocycles. The third-order valence-corrected chi connectivity index (χ3v) is 10.1. The molecule has 1 heterocycles. The summed E-state index contributed by atoms with van der Waals surface area (Å²) in [4.78, 5) is 21.6. The molecule has 1 aromatic heterocycles. The Kier molecular flexibility index (Phi) is 6.07. The standard InChI is InChI=1S/C28H39N3O3/c1-26-11-8-21(31-34-18-25(32)30-17-19-5-4-14-29-16-19)15-20(26)6-7-22-23(26)9-12-27(2)24(22)10-13-28(27,3)33/h4-5,14-16,22-24,33H,6-13,17-18H2,1-3H3,(H,30,32)/t22-,23?,24?,26+,27+,28+/m1/s1. The Balaban J connectivity index is 1.20. The van der Waals surface area contributed by atoms with Gasteiger partial charge in [0.05, 0.1) is 11.3 Å². The van der Waals surface area contributed by atoms with Gasteiger partial charge in [-0.05, 0) is 105 Å². The van der Waals surface area contributed by atoms with Gasteiger partial charge >= 0.3 is 0 Å². The first-order valence-electron chi connectivity index (χ1n) is 13.0. The lowest BCUT2D eigenvalue weighted by atomic mass is 9.46. The van der Waals surface area contributed by atoms with Crippen LogP contribution in [0.3, 0.4) is 0 Å². The Hall–Kier alpha value is -2.21. The second kappa shape index (κ2) is 8.78. The first-order chi connectivity index (χ1) is 16.2. The van der Waals surface area contributed by atoms with Crippen LogP contribution >= 0.6 is 0 Å². The number of oxime groups is 1. The van der Waals surface area contributed by atoms with Crippen LogP contribution in [0.4, 0.5) is 0 Å². The Labute approximate surface area is 203 Å². The van der Waals surface area contributed by atoms with Gasteiger partial charge in [-0.2, -0.15) is 0 Å². The number of hydrogen-bond acceptors (Lipinski definition) is 5. The van der Waals surface area contributed by atoms with Gasteiger partial charge in [-0.15, -0.1) is 0 Å². The van der Waals surface area contributed by atoms with Gasteiger partial charge in [0, 0.05) is 18.9 Å². The molecule has 4 aliphatic rings. The average Bonchev–Trinajstić information content (AvgIpc) is 3.07. The van der Waals surface area contributed by atoms with E-state index in [4.69, 9.17) is 4.84 Å². The molecule has 3 saturated carbocycles. The molecule has 0 saturated heterocycles. The molecule has 34 heavy (non-hydrogen) atoms. The molecule has 6 heteroatoms. The number of amides is 1. The predicted molar refractivity (Wildman–Crippen MR) is 132 cm³/mol. The average molecular weight is 466 g/mol. The highest BCUT2D eigenvalue weighted by molar-refractivity contribution is 5.96. The second-order valence-electron chi connectivity index (χ2n) is 11.8. The van der Waals surface area contributed by atoms with Crippen LogP contribution in [0.15, 0.2) is 41.3 Å². The van der Waals surface area contributed by atoms with Crippen molar-refractivity contribution in [3.05, 3.63) is 41.7 Å². The van der Waals surface area contributed by atoms with Crippen LogP contribution in [0.25, 0.3) is 0 Å². The highest BCUT2D eigenvalue weighted by Crippen LogP contribution is 2.67. The van der Waals surface area contributed by atoms with Crippen molar-refractivity contribution < 1.29 is 14.7 Å². The van der Waals surface area contributed by atoms with E-state index in [1.165, 1.54) is 24.8 Å². The van der Waals surface area contributed by atoms with E-state index in [9.17, 15) is 9.90 Å². The second-order valence-corrected chi connectivity index (χ2v) is 11.8. The van der Waals surface area contributed by atoms with Gasteiger partial charge in [0.2, 0.25) is 0 Å². The quantitative estimate of drug-likeness (QED) is 0.613. The maximum Gasteiger partial charge on any atom is 0.261 e. The monoisotopic (exact) mass is 465 g/mol. The van der Waals surface area contributed by atoms with Gasteiger partial charge in [0.15, 0.2) is 6.61 Å². The zero-order chi connectivity index (χ0) is 24.0. The first kappa shape index (κ1) is 23.5. The van der Waals surface area contributed by atoms with E-state index >= 15 is 0 Å². The van der Waals surface area contributed by atoms with E-state index in [0.717, 1.165) is 43.4 Å². The van der Waals surface area contributed by atoms with E-state index < -0.39 is 5.60 Å². The summed E-state index contributed by atoms with van der Waals surface area (Å²) in [6.45, 7) is 7.26. The number of allylic oxidation sites excluding steroid dienone is 2. The summed E-state index contributed by atoms with van der Waals surface area (Å²) in [5, 5.41) is 18.3. The lowest BCUT2D eigenvalue weighted by molar-refractivity contribution is -0.125. The fourth-order valence-electron chi connectivity index (χ4n) is 7.81. The maximum atomic E-state index is 12.1. The molecule has 6 atom stereocenters. The minimum Gasteiger partial charge on any atom is -0.390 e. The molecular weight excluding hydrogens is 426 g/mol. The van der Waals surface area contributed by atoms with Crippen molar-refractivity contribution in [2.75, 3.05) is 6.61 Å². The van der Waals surface area contributed by atoms with Crippen molar-refractivity contribution in [3.8, 4) is 0 Å². The smallest absolute Gasteiger partial charge is 0.261 e. The van der Waals surface area contributed by atoms with Gasteiger partial charge in [-0.1, -0.05) is 30.6 Å². The van der Waals surface area contributed by atoms with Gasteiger partial charge in [0.1, 0.15) is 0 Å². The summed E-state index contributed by atoms with van der Waals surface area (Å²) in [5.74, 6) is 1.87. The number of aromatic nitrogens is 1. The summed E-state index contributed by atoms with van der Waals surface area (Å²) in [6.07, 6.45) is 14.5. The number of carbonyl (C=O) groups is 1. The van der Waals surface area contributed by atoms with Crippen LogP contribution in [0.5, 0.6) is 0 Å². The number of rotatable bonds is 5. The fourth-order valence-corrected chi connectivity index (χ4v) is 7.81. The van der Waals surface area contributed by atoms with Gasteiger partial charge in [-0.25, -0.2) is 0 Å². The van der Waals surface area contributed by atoms with E-state index in [0.29, 0.717) is 24.3 Å². The number of pyridine rings is 1. The molecule has 5 rings (SSSR count). The SMILES string of the molecule is C[C@]12CCC(=NOCC(=O)NCc3cccnc3)C=C1CC[C@@H]1C2CC[C@@]2(C)C1CC[C@]2(C)O. The zero-order valence-corrected chi connectivity index (χ0v) is 20.8. The normalized spacial score (nSPS) is 40.1. The number of fused-ring (bicyclic) bond motifs is 5. The maximum absolute atomic E-state index is 12.1. The molecule has 6 nitrogen and oxygen atoms in total. The number of nitrogens with one attached hydrogen (secondary N) is 1. The largest absolute Gasteiger partial charge is 0.390 e. The van der Waals surface area contributed by atoms with Crippen LogP contribution in [0.1, 0.15) is 77.7 Å². The van der Waals surface area contributed by atoms with Gasteiger partial charge < -0.3 is 15.3 Å². The van der Waals surface area contributed by atoms with Crippen molar-refractivity contribution in [1.82, 2.24) is 10.3 Å². The molecule has 4 aliphatic carbocycles. The predicted octanol–water partition coefficient (Wildman–Crippen LogP) is 4.78. The summed E-state index contributed by atoms with van der Waals surface area (Å²) in [5.41, 5.74) is 3.19. The van der Waals surface area contributed by atoms with Crippen molar-refractivity contribution in [3.63, 3.8) is 0 Å². The van der Waals surface area contributed by atoms with Gasteiger partial charge in [-0.3, -0.25) is 9.78 Å². The molecule has 0 radical (unpaired) electrons. The highest BCUT2D eigenvalue weighted by Gasteiger charge is 2.62. The minimum atomic E-state index is -0.520. The van der Waals surface area contributed by atoms with Crippen LogP contribution in [-0.4, -0.2) is 33.9 Å². The third kappa shape index (κ3) is 3.98. The van der Waals surface area contributed by atoms with Crippen molar-refractivity contribution in [1.29, 1.82) is 0 Å². The summed E-state index contributed by atoms with van der Waals surface area (Å²) < 4.78 is 0. The molecule has 2 unspecified atom stereocenters. The molecule has 3 fully saturated rings. The number of hydrogen-bond donors (Lipinski definition) is 2. The zero-order valence-electron chi connectivity index (χ0n) is 20.8. The van der Waals surface area contributed by atoms with E-state index in [-0.39, 0.29) is 23.3 Å². The lowest BCUT2D eigenvalue weighted by Gasteiger charge is -2.59. The lowest BCUT2D eigenvalue weighted by Crippen LogP contribution is -2.53. The Morgan fingerprint density at radius 1 is 1.18 bits per heavy atom. The molecular formula is C28H39N3O3. The van der Waals surface area contributed by atoms with E-state index in [2.05, 4.69) is 42.3 Å². The number of carbonyl (C=O) groups excluding carboxylic acids is 1. The number of nitrogens with zero attached hydrogens (tertiary/aromatic N) is 2. The van der Waals surface area contributed by atoms with Crippen molar-refractivity contribution in [2.24, 2.45) is 33.7 Å². The Morgan fingerprint density at radius 3 is 2.79 bits per heavy atom. The van der Waals surface area contributed by atoms with Crippen molar-refractivity contribution in [2.45, 2.75) is 84.3 Å². The molecule has 1 amide bonds. The summed E-state index contributed by atoms with van der Waals surface area (Å²) in [7, 11) is 0. The summed E-state index contributed by atoms with van der Waals surface area (Å²) >= 11 is 0. The number of aliphatic hydroxyl groups is 1. The van der Waals surface area contributed by atoms with Crippen LogP contribution < -0.4 is 5.32 Å². The third-order valence-electron chi connectivity index (χ3n) is 10.1. The first-order valence-corrected chi connectivity index (χ1v) is 13.0. The van der Waals surface area contributed by atoms with Crippen LogP contribution in [0.2, 0.25) is 0 Å². The van der Waals surface area contributed by atoms with Crippen LogP contribution in [-0.2, 0) is 16.2 Å². The molecule has 0 bridgehead atoms.